The molecule has 1 fully saturated rings. The molecule has 0 bridgehead atoms. The van der Waals surface area contributed by atoms with Gasteiger partial charge in [0.25, 0.3) is 0 Å². The molecule has 1 aromatic carbocycles. The van der Waals surface area contributed by atoms with Crippen LogP contribution < -0.4 is 0 Å². The molecule has 1 amide bonds. The van der Waals surface area contributed by atoms with E-state index in [1.165, 1.54) is 0 Å². The fourth-order valence-electron chi connectivity index (χ4n) is 2.88. The first-order chi connectivity index (χ1) is 12.0. The van der Waals surface area contributed by atoms with Gasteiger partial charge in [0.15, 0.2) is 5.66 Å². The van der Waals surface area contributed by atoms with Gasteiger partial charge < -0.3 is 10.0 Å². The molecular weight excluding hydrogens is 318 g/mol. The van der Waals surface area contributed by atoms with Gasteiger partial charge in [-0.15, -0.1) is 12.3 Å². The van der Waals surface area contributed by atoms with Crippen LogP contribution in [0.2, 0.25) is 0 Å². The van der Waals surface area contributed by atoms with Crippen LogP contribution in [0.3, 0.4) is 0 Å². The predicted molar refractivity (Wildman–Crippen MR) is 91.9 cm³/mol. The number of hydrogen-bond donors (Lipinski definition) is 1. The van der Waals surface area contributed by atoms with Gasteiger partial charge in [-0.25, -0.2) is 4.79 Å². The fraction of sp³-hybridized carbons (Fsp3) is 0.474. The quantitative estimate of drug-likeness (QED) is 0.701. The maximum Gasteiger partial charge on any atom is 0.335 e. The van der Waals surface area contributed by atoms with Crippen molar-refractivity contribution >= 4 is 11.9 Å². The van der Waals surface area contributed by atoms with Gasteiger partial charge in [-0.05, 0) is 30.5 Å². The lowest BCUT2D eigenvalue weighted by Crippen LogP contribution is -2.33. The first-order valence-corrected chi connectivity index (χ1v) is 8.52. The molecule has 1 aliphatic heterocycles. The number of terminal acetylenes is 1. The van der Waals surface area contributed by atoms with Gasteiger partial charge in [0.05, 0.1) is 5.56 Å². The molecule has 3 rings (SSSR count). The highest BCUT2D eigenvalue weighted by Gasteiger charge is 2.40. The van der Waals surface area contributed by atoms with Crippen LogP contribution in [-0.4, -0.2) is 33.6 Å². The van der Waals surface area contributed by atoms with E-state index in [1.54, 1.807) is 24.3 Å². The monoisotopic (exact) mass is 339 g/mol. The Morgan fingerprint density at radius 1 is 1.24 bits per heavy atom. The highest BCUT2D eigenvalue weighted by atomic mass is 16.4. The third-order valence-electron chi connectivity index (χ3n) is 4.65. The lowest BCUT2D eigenvalue weighted by molar-refractivity contribution is -0.132. The first kappa shape index (κ1) is 17.2. The Labute approximate surface area is 146 Å². The van der Waals surface area contributed by atoms with Gasteiger partial charge in [0.1, 0.15) is 0 Å². The minimum atomic E-state index is -0.948. The van der Waals surface area contributed by atoms with E-state index in [1.807, 2.05) is 4.90 Å². The first-order valence-electron chi connectivity index (χ1n) is 8.52. The Morgan fingerprint density at radius 3 is 2.44 bits per heavy atom. The zero-order valence-electron chi connectivity index (χ0n) is 14.0. The summed E-state index contributed by atoms with van der Waals surface area (Å²) in [5.41, 5.74) is 0.758. The minimum absolute atomic E-state index is 0.0993. The van der Waals surface area contributed by atoms with Crippen LogP contribution in [0, 0.1) is 12.3 Å². The van der Waals surface area contributed by atoms with Crippen molar-refractivity contribution in [2.75, 3.05) is 0 Å². The molecule has 6 heteroatoms. The molecule has 0 radical (unpaired) electrons. The van der Waals surface area contributed by atoms with Crippen LogP contribution in [-0.2, 0) is 11.3 Å². The summed E-state index contributed by atoms with van der Waals surface area (Å²) in [7, 11) is 0. The van der Waals surface area contributed by atoms with E-state index < -0.39 is 11.6 Å². The molecule has 1 saturated carbocycles. The normalized spacial score (nSPS) is 16.9. The standard InChI is InChI=1S/C19H21N3O3/c1-2-3-11-19(20-21-19)12-10-17(23)22(16-8-9-16)13-14-4-6-15(7-5-14)18(24)25/h1,4-7,16H,3,8-13H2,(H,24,25). The van der Waals surface area contributed by atoms with Gasteiger partial charge in [-0.3, -0.25) is 4.79 Å². The van der Waals surface area contributed by atoms with Crippen molar-refractivity contribution in [2.45, 2.75) is 56.8 Å². The Hall–Kier alpha value is -2.68. The molecular formula is C19H21N3O3. The number of hydrogen-bond acceptors (Lipinski definition) is 4. The van der Waals surface area contributed by atoms with E-state index >= 15 is 0 Å². The van der Waals surface area contributed by atoms with Crippen molar-refractivity contribution in [2.24, 2.45) is 10.2 Å². The Balaban J connectivity index is 1.56. The Morgan fingerprint density at radius 2 is 1.92 bits per heavy atom. The highest BCUT2D eigenvalue weighted by Crippen LogP contribution is 2.38. The number of carboxylic acid groups (broad SMARTS) is 1. The zero-order valence-corrected chi connectivity index (χ0v) is 14.0. The van der Waals surface area contributed by atoms with Crippen LogP contribution in [0.5, 0.6) is 0 Å². The number of aromatic carboxylic acids is 1. The van der Waals surface area contributed by atoms with E-state index in [4.69, 9.17) is 11.5 Å². The van der Waals surface area contributed by atoms with Crippen molar-refractivity contribution in [3.63, 3.8) is 0 Å². The summed E-state index contributed by atoms with van der Waals surface area (Å²) >= 11 is 0. The molecule has 6 nitrogen and oxygen atoms in total. The molecule has 0 saturated heterocycles. The minimum Gasteiger partial charge on any atom is -0.478 e. The summed E-state index contributed by atoms with van der Waals surface area (Å²) < 4.78 is 0. The highest BCUT2D eigenvalue weighted by molar-refractivity contribution is 5.87. The third-order valence-corrected chi connectivity index (χ3v) is 4.65. The average molecular weight is 339 g/mol. The van der Waals surface area contributed by atoms with E-state index in [0.717, 1.165) is 18.4 Å². The maximum atomic E-state index is 12.7. The van der Waals surface area contributed by atoms with Crippen molar-refractivity contribution in [3.05, 3.63) is 35.4 Å². The second-order valence-electron chi connectivity index (χ2n) is 6.64. The summed E-state index contributed by atoms with van der Waals surface area (Å²) in [4.78, 5) is 25.5. The summed E-state index contributed by atoms with van der Waals surface area (Å²) in [6.45, 7) is 0.509. The van der Waals surface area contributed by atoms with Crippen LogP contribution in [0.25, 0.3) is 0 Å². The topological polar surface area (TPSA) is 82.3 Å². The molecule has 1 N–H and O–H groups in total. The van der Waals surface area contributed by atoms with Crippen molar-refractivity contribution < 1.29 is 14.7 Å². The van der Waals surface area contributed by atoms with E-state index in [9.17, 15) is 9.59 Å². The largest absolute Gasteiger partial charge is 0.478 e. The molecule has 130 valence electrons. The Kier molecular flexibility index (Phi) is 4.84. The van der Waals surface area contributed by atoms with Crippen molar-refractivity contribution in [1.29, 1.82) is 0 Å². The van der Waals surface area contributed by atoms with Gasteiger partial charge in [-0.1, -0.05) is 12.1 Å². The van der Waals surface area contributed by atoms with E-state index in [-0.39, 0.29) is 11.5 Å². The third kappa shape index (κ3) is 4.44. The van der Waals surface area contributed by atoms with Crippen LogP contribution in [0.1, 0.15) is 54.4 Å². The molecule has 1 aromatic rings. The van der Waals surface area contributed by atoms with Crippen LogP contribution in [0.4, 0.5) is 0 Å². The fourth-order valence-corrected chi connectivity index (χ4v) is 2.88. The molecule has 0 atom stereocenters. The number of carboxylic acids is 1. The van der Waals surface area contributed by atoms with E-state index in [0.29, 0.717) is 38.3 Å². The summed E-state index contributed by atoms with van der Waals surface area (Å²) in [5, 5.41) is 17.1. The van der Waals surface area contributed by atoms with Crippen molar-refractivity contribution in [1.82, 2.24) is 4.90 Å². The summed E-state index contributed by atoms with van der Waals surface area (Å²) in [5.74, 6) is 1.74. The predicted octanol–water partition coefficient (Wildman–Crippen LogP) is 3.23. The molecule has 2 aliphatic rings. The lowest BCUT2D eigenvalue weighted by atomic mass is 10.0. The SMILES string of the molecule is C#CCCC1(CCC(=O)N(Cc2ccc(C(=O)O)cc2)C2CC2)N=N1. The average Bonchev–Trinajstić information content (AvgIpc) is 3.52. The molecule has 1 aliphatic carbocycles. The van der Waals surface area contributed by atoms with Crippen LogP contribution in [0.15, 0.2) is 34.5 Å². The van der Waals surface area contributed by atoms with Crippen LogP contribution >= 0.6 is 0 Å². The number of nitrogens with zero attached hydrogens (tertiary/aromatic N) is 3. The molecule has 1 heterocycles. The second-order valence-corrected chi connectivity index (χ2v) is 6.64. The number of rotatable bonds is 9. The van der Waals surface area contributed by atoms with Crippen molar-refractivity contribution in [3.8, 4) is 12.3 Å². The molecule has 0 unspecified atom stereocenters. The summed E-state index contributed by atoms with van der Waals surface area (Å²) in [6.07, 6.45) is 9.66. The smallest absolute Gasteiger partial charge is 0.335 e. The maximum absolute atomic E-state index is 12.7. The van der Waals surface area contributed by atoms with Gasteiger partial charge in [0.2, 0.25) is 5.91 Å². The van der Waals surface area contributed by atoms with Gasteiger partial charge in [0, 0.05) is 38.3 Å². The number of carbonyl (C=O) groups is 2. The second kappa shape index (κ2) is 7.06. The number of amides is 1. The molecule has 0 aromatic heterocycles. The van der Waals surface area contributed by atoms with Gasteiger partial charge >= 0.3 is 5.97 Å². The zero-order chi connectivity index (χ0) is 17.9. The Bertz CT molecular complexity index is 723. The van der Waals surface area contributed by atoms with Gasteiger partial charge in [-0.2, -0.15) is 10.2 Å². The molecule has 0 spiro atoms. The lowest BCUT2D eigenvalue weighted by Gasteiger charge is -2.23. The van der Waals surface area contributed by atoms with E-state index in [2.05, 4.69) is 16.1 Å². The number of carbonyl (C=O) groups excluding carboxylic acids is 1. The molecule has 25 heavy (non-hydrogen) atoms. The number of benzene rings is 1. The summed E-state index contributed by atoms with van der Waals surface area (Å²) in [6, 6.07) is 6.98.